The Balaban J connectivity index is 2.07. The molecular weight excluding hydrogens is 386 g/mol. The van der Waals surface area contributed by atoms with Crippen molar-refractivity contribution in [3.8, 4) is 0 Å². The zero-order chi connectivity index (χ0) is 21.2. The van der Waals surface area contributed by atoms with Crippen LogP contribution in [0, 0.1) is 23.6 Å². The molecular formula is C24H32FO3P. The van der Waals surface area contributed by atoms with Gasteiger partial charge in [0, 0.05) is 5.30 Å². The number of hydrogen-bond donors (Lipinski definition) is 1. The van der Waals surface area contributed by atoms with Gasteiger partial charge in [-0.15, -0.1) is 0 Å². The van der Waals surface area contributed by atoms with Gasteiger partial charge in [0.1, 0.15) is 5.82 Å². The van der Waals surface area contributed by atoms with E-state index in [1.807, 2.05) is 6.07 Å². The van der Waals surface area contributed by atoms with Gasteiger partial charge in [0.15, 0.2) is 5.34 Å². The Kier molecular flexibility index (Phi) is 6.67. The average molecular weight is 418 g/mol. The number of benzene rings is 2. The SMILES string of the molecule is CC(C)[C@@H]1CC[C@@H](C)C[C@H]1OP(=O)(c1ccccc1)[C@@](C)(O)c1ccc(F)cc1. The maximum atomic E-state index is 14.5. The van der Waals surface area contributed by atoms with Gasteiger partial charge in [0.2, 0.25) is 0 Å². The van der Waals surface area contributed by atoms with E-state index in [1.54, 1.807) is 24.3 Å². The summed E-state index contributed by atoms with van der Waals surface area (Å²) in [6, 6.07) is 14.5. The molecule has 5 heteroatoms. The van der Waals surface area contributed by atoms with Crippen LogP contribution in [0.4, 0.5) is 4.39 Å². The van der Waals surface area contributed by atoms with Crippen molar-refractivity contribution in [3.05, 3.63) is 66.0 Å². The molecule has 158 valence electrons. The van der Waals surface area contributed by atoms with Crippen molar-refractivity contribution in [2.24, 2.45) is 17.8 Å². The lowest BCUT2D eigenvalue weighted by Gasteiger charge is -2.42. The summed E-state index contributed by atoms with van der Waals surface area (Å²) in [5.74, 6) is 0.760. The first-order chi connectivity index (χ1) is 13.6. The van der Waals surface area contributed by atoms with Gasteiger partial charge in [-0.05, 0) is 67.3 Å². The summed E-state index contributed by atoms with van der Waals surface area (Å²) in [6.07, 6.45) is 2.78. The first-order valence-electron chi connectivity index (χ1n) is 10.5. The molecule has 0 radical (unpaired) electrons. The molecule has 0 spiro atoms. The zero-order valence-corrected chi connectivity index (χ0v) is 18.6. The van der Waals surface area contributed by atoms with Gasteiger partial charge in [-0.2, -0.15) is 0 Å². The molecule has 0 saturated heterocycles. The molecule has 0 aliphatic heterocycles. The normalized spacial score (nSPS) is 26.7. The predicted octanol–water partition coefficient (Wildman–Crippen LogP) is 6.07. The zero-order valence-electron chi connectivity index (χ0n) is 17.7. The number of aliphatic hydroxyl groups is 1. The molecule has 29 heavy (non-hydrogen) atoms. The fourth-order valence-electron chi connectivity index (χ4n) is 4.40. The van der Waals surface area contributed by atoms with E-state index in [1.165, 1.54) is 31.2 Å². The summed E-state index contributed by atoms with van der Waals surface area (Å²) >= 11 is 0. The number of hydrogen-bond acceptors (Lipinski definition) is 3. The second kappa shape index (κ2) is 8.71. The van der Waals surface area contributed by atoms with Gasteiger partial charge in [0.25, 0.3) is 7.37 Å². The molecule has 5 atom stereocenters. The Morgan fingerprint density at radius 3 is 2.31 bits per heavy atom. The molecule has 3 rings (SSSR count). The lowest BCUT2D eigenvalue weighted by atomic mass is 9.75. The number of halogens is 1. The highest BCUT2D eigenvalue weighted by atomic mass is 31.2. The minimum absolute atomic E-state index is 0.197. The molecule has 1 saturated carbocycles. The van der Waals surface area contributed by atoms with Crippen LogP contribution in [0.15, 0.2) is 54.6 Å². The molecule has 0 bridgehead atoms. The first kappa shape index (κ1) is 22.2. The van der Waals surface area contributed by atoms with E-state index in [0.717, 1.165) is 19.3 Å². The van der Waals surface area contributed by atoms with Gasteiger partial charge in [0.05, 0.1) is 6.10 Å². The maximum absolute atomic E-state index is 14.5. The average Bonchev–Trinajstić information content (AvgIpc) is 2.68. The Bertz CT molecular complexity index is 848. The van der Waals surface area contributed by atoms with Crippen molar-refractivity contribution in [3.63, 3.8) is 0 Å². The molecule has 2 aromatic rings. The van der Waals surface area contributed by atoms with Gasteiger partial charge >= 0.3 is 0 Å². The Morgan fingerprint density at radius 1 is 1.10 bits per heavy atom. The highest BCUT2D eigenvalue weighted by Crippen LogP contribution is 2.63. The topological polar surface area (TPSA) is 46.5 Å². The van der Waals surface area contributed by atoms with Gasteiger partial charge in [-0.25, -0.2) is 4.39 Å². The monoisotopic (exact) mass is 418 g/mol. The maximum Gasteiger partial charge on any atom is 0.267 e. The fourth-order valence-corrected chi connectivity index (χ4v) is 6.91. The third kappa shape index (κ3) is 4.50. The highest BCUT2D eigenvalue weighted by Gasteiger charge is 2.50. The van der Waals surface area contributed by atoms with E-state index in [-0.39, 0.29) is 12.0 Å². The van der Waals surface area contributed by atoms with Crippen LogP contribution in [0.5, 0.6) is 0 Å². The van der Waals surface area contributed by atoms with Crippen molar-refractivity contribution < 1.29 is 18.6 Å². The summed E-state index contributed by atoms with van der Waals surface area (Å²) in [5.41, 5.74) is 0.385. The van der Waals surface area contributed by atoms with E-state index >= 15 is 0 Å². The Hall–Kier alpha value is -1.48. The van der Waals surface area contributed by atoms with Crippen LogP contribution in [0.25, 0.3) is 0 Å². The molecule has 1 N–H and O–H groups in total. The molecule has 1 fully saturated rings. The molecule has 1 unspecified atom stereocenters. The standard InChI is InChI=1S/C24H32FO3P/c1-17(2)22-15-10-18(3)16-23(22)28-29(27,21-8-6-5-7-9-21)24(4,26)19-11-13-20(25)14-12-19/h5-9,11-14,17-18,22-23,26H,10,15-16H2,1-4H3/t18-,22+,23-,24-,29?/m1/s1. The molecule has 0 aromatic heterocycles. The minimum atomic E-state index is -3.75. The van der Waals surface area contributed by atoms with Crippen LogP contribution in [0.3, 0.4) is 0 Å². The summed E-state index contributed by atoms with van der Waals surface area (Å²) in [6.45, 7) is 8.05. The van der Waals surface area contributed by atoms with Crippen LogP contribution in [-0.4, -0.2) is 11.2 Å². The fraction of sp³-hybridized carbons (Fsp3) is 0.500. The molecule has 1 aliphatic carbocycles. The summed E-state index contributed by atoms with van der Waals surface area (Å²) in [5, 5.41) is 10.3. The van der Waals surface area contributed by atoms with Crippen molar-refractivity contribution in [1.29, 1.82) is 0 Å². The van der Waals surface area contributed by atoms with E-state index in [2.05, 4.69) is 20.8 Å². The summed E-state index contributed by atoms with van der Waals surface area (Å²) < 4.78 is 34.4. The third-order valence-electron chi connectivity index (χ3n) is 6.31. The molecule has 0 amide bonds. The molecule has 3 nitrogen and oxygen atoms in total. The van der Waals surface area contributed by atoms with Crippen molar-refractivity contribution >= 4 is 12.7 Å². The van der Waals surface area contributed by atoms with Gasteiger partial charge < -0.3 is 9.63 Å². The summed E-state index contributed by atoms with van der Waals surface area (Å²) in [7, 11) is -3.75. The molecule has 1 aliphatic rings. The highest BCUT2D eigenvalue weighted by molar-refractivity contribution is 7.67. The Morgan fingerprint density at radius 2 is 1.72 bits per heavy atom. The van der Waals surface area contributed by atoms with Gasteiger partial charge in [-0.3, -0.25) is 4.57 Å². The smallest absolute Gasteiger partial charge is 0.267 e. The predicted molar refractivity (Wildman–Crippen MR) is 116 cm³/mol. The van der Waals surface area contributed by atoms with Crippen molar-refractivity contribution in [2.45, 2.75) is 58.4 Å². The lowest BCUT2D eigenvalue weighted by molar-refractivity contribution is 0.0310. The van der Waals surface area contributed by atoms with E-state index in [9.17, 15) is 14.1 Å². The largest absolute Gasteiger partial charge is 0.375 e. The second-order valence-corrected chi connectivity index (χ2v) is 11.6. The van der Waals surface area contributed by atoms with Gasteiger partial charge in [-0.1, -0.05) is 57.5 Å². The van der Waals surface area contributed by atoms with Crippen LogP contribution in [0.1, 0.15) is 52.5 Å². The van der Waals surface area contributed by atoms with Crippen LogP contribution >= 0.6 is 7.37 Å². The first-order valence-corrected chi connectivity index (χ1v) is 12.1. The summed E-state index contributed by atoms with van der Waals surface area (Å²) in [4.78, 5) is 0. The molecule has 2 aromatic carbocycles. The number of rotatable bonds is 6. The third-order valence-corrected chi connectivity index (χ3v) is 9.26. The van der Waals surface area contributed by atoms with Crippen molar-refractivity contribution in [1.82, 2.24) is 0 Å². The quantitative estimate of drug-likeness (QED) is 0.579. The van der Waals surface area contributed by atoms with E-state index in [4.69, 9.17) is 4.52 Å². The van der Waals surface area contributed by atoms with Crippen LogP contribution < -0.4 is 5.30 Å². The lowest BCUT2D eigenvalue weighted by Crippen LogP contribution is -2.38. The minimum Gasteiger partial charge on any atom is -0.375 e. The van der Waals surface area contributed by atoms with Crippen molar-refractivity contribution in [2.75, 3.05) is 0 Å². The molecule has 0 heterocycles. The Labute approximate surface area is 173 Å². The van der Waals surface area contributed by atoms with E-state index in [0.29, 0.717) is 22.7 Å². The van der Waals surface area contributed by atoms with E-state index < -0.39 is 18.5 Å². The second-order valence-electron chi connectivity index (χ2n) is 8.88. The van der Waals surface area contributed by atoms with Crippen LogP contribution in [0.2, 0.25) is 0 Å². The van der Waals surface area contributed by atoms with Crippen LogP contribution in [-0.2, 0) is 14.4 Å².